The number of aldehydes is 1. The molecule has 2 rings (SSSR count). The lowest BCUT2D eigenvalue weighted by molar-refractivity contribution is 0.108. The maximum absolute atomic E-state index is 10.3. The Kier molecular flexibility index (Phi) is 2.91. The highest BCUT2D eigenvalue weighted by Gasteiger charge is 2.16. The van der Waals surface area contributed by atoms with E-state index in [0.717, 1.165) is 6.42 Å². The number of aromatic nitrogens is 2. The first-order valence-electron chi connectivity index (χ1n) is 5.16. The Morgan fingerprint density at radius 1 is 1.36 bits per heavy atom. The van der Waals surface area contributed by atoms with Gasteiger partial charge in [0.25, 0.3) is 5.89 Å². The van der Waals surface area contributed by atoms with E-state index in [9.17, 15) is 4.79 Å². The van der Waals surface area contributed by atoms with Crippen molar-refractivity contribution in [3.63, 3.8) is 0 Å². The molecule has 1 fully saturated rings. The van der Waals surface area contributed by atoms with E-state index in [4.69, 9.17) is 4.52 Å². The maximum Gasteiger partial charge on any atom is 0.290 e. The van der Waals surface area contributed by atoms with E-state index in [2.05, 4.69) is 10.1 Å². The fourth-order valence-electron chi connectivity index (χ4n) is 2.05. The Bertz CT molecular complexity index is 303. The lowest BCUT2D eigenvalue weighted by atomic mass is 9.87. The van der Waals surface area contributed by atoms with Crippen molar-refractivity contribution in [1.29, 1.82) is 0 Å². The van der Waals surface area contributed by atoms with E-state index >= 15 is 0 Å². The van der Waals surface area contributed by atoms with Crippen molar-refractivity contribution < 1.29 is 9.32 Å². The van der Waals surface area contributed by atoms with Crippen molar-refractivity contribution in [2.45, 2.75) is 38.5 Å². The summed E-state index contributed by atoms with van der Waals surface area (Å²) in [7, 11) is 0. The average molecular weight is 194 g/mol. The summed E-state index contributed by atoms with van der Waals surface area (Å²) in [6.45, 7) is 0. The van der Waals surface area contributed by atoms with Crippen LogP contribution in [0, 0.1) is 5.92 Å². The molecule has 0 bridgehead atoms. The summed E-state index contributed by atoms with van der Waals surface area (Å²) < 4.78 is 4.73. The number of carbonyl (C=O) groups excluding carboxylic acids is 1. The van der Waals surface area contributed by atoms with Gasteiger partial charge in [0, 0.05) is 6.42 Å². The smallest absolute Gasteiger partial charge is 0.290 e. The molecule has 1 aliphatic carbocycles. The van der Waals surface area contributed by atoms with Crippen molar-refractivity contribution in [3.8, 4) is 0 Å². The van der Waals surface area contributed by atoms with Crippen LogP contribution in [0.4, 0.5) is 0 Å². The fraction of sp³-hybridized carbons (Fsp3) is 0.700. The first-order chi connectivity index (χ1) is 6.88. The second-order valence-corrected chi connectivity index (χ2v) is 3.87. The zero-order chi connectivity index (χ0) is 9.80. The average Bonchev–Trinajstić information content (AvgIpc) is 2.67. The van der Waals surface area contributed by atoms with Gasteiger partial charge in [-0.05, 0) is 5.92 Å². The molecule has 0 spiro atoms. The summed E-state index contributed by atoms with van der Waals surface area (Å²) in [4.78, 5) is 14.3. The number of hydrogen-bond donors (Lipinski definition) is 0. The zero-order valence-corrected chi connectivity index (χ0v) is 8.11. The first-order valence-corrected chi connectivity index (χ1v) is 5.16. The minimum Gasteiger partial charge on any atom is -0.331 e. The van der Waals surface area contributed by atoms with Crippen molar-refractivity contribution in [3.05, 3.63) is 11.7 Å². The van der Waals surface area contributed by atoms with Crippen LogP contribution in [0.5, 0.6) is 0 Å². The van der Waals surface area contributed by atoms with Crippen LogP contribution in [-0.4, -0.2) is 16.4 Å². The van der Waals surface area contributed by atoms with Crippen LogP contribution >= 0.6 is 0 Å². The summed E-state index contributed by atoms with van der Waals surface area (Å²) in [5.41, 5.74) is 0. The SMILES string of the molecule is O=Cc1nc(CC2CCCCC2)no1. The molecule has 4 nitrogen and oxygen atoms in total. The van der Waals surface area contributed by atoms with Crippen LogP contribution < -0.4 is 0 Å². The van der Waals surface area contributed by atoms with E-state index in [1.54, 1.807) is 0 Å². The Morgan fingerprint density at radius 3 is 2.79 bits per heavy atom. The number of carbonyl (C=O) groups is 1. The number of rotatable bonds is 3. The van der Waals surface area contributed by atoms with Crippen molar-refractivity contribution in [2.75, 3.05) is 0 Å². The molecule has 1 aromatic heterocycles. The first kappa shape index (κ1) is 9.37. The minimum absolute atomic E-state index is 0.0933. The Balaban J connectivity index is 1.92. The Hall–Kier alpha value is -1.19. The fourth-order valence-corrected chi connectivity index (χ4v) is 2.05. The summed E-state index contributed by atoms with van der Waals surface area (Å²) in [5.74, 6) is 1.45. The van der Waals surface area contributed by atoms with E-state index in [1.165, 1.54) is 32.1 Å². The molecular formula is C10H14N2O2. The van der Waals surface area contributed by atoms with Crippen molar-refractivity contribution >= 4 is 6.29 Å². The predicted molar refractivity (Wildman–Crippen MR) is 50.0 cm³/mol. The van der Waals surface area contributed by atoms with Crippen LogP contribution in [0.1, 0.15) is 48.6 Å². The lowest BCUT2D eigenvalue weighted by Gasteiger charge is -2.19. The third-order valence-electron chi connectivity index (χ3n) is 2.78. The molecule has 0 atom stereocenters. The van der Waals surface area contributed by atoms with Gasteiger partial charge in [0.1, 0.15) is 0 Å². The summed E-state index contributed by atoms with van der Waals surface area (Å²) in [6, 6.07) is 0. The van der Waals surface area contributed by atoms with Gasteiger partial charge >= 0.3 is 0 Å². The van der Waals surface area contributed by atoms with Crippen LogP contribution in [0.3, 0.4) is 0 Å². The molecular weight excluding hydrogens is 180 g/mol. The minimum atomic E-state index is 0.0933. The highest BCUT2D eigenvalue weighted by molar-refractivity contribution is 5.66. The summed E-state index contributed by atoms with van der Waals surface area (Å²) in [6.07, 6.45) is 7.93. The predicted octanol–water partition coefficient (Wildman–Crippen LogP) is 2.00. The van der Waals surface area contributed by atoms with Crippen LogP contribution in [0.2, 0.25) is 0 Å². The standard InChI is InChI=1S/C10H14N2O2/c13-7-10-11-9(12-14-10)6-8-4-2-1-3-5-8/h7-8H,1-6H2. The largest absolute Gasteiger partial charge is 0.331 e. The quantitative estimate of drug-likeness (QED) is 0.690. The van der Waals surface area contributed by atoms with Gasteiger partial charge in [-0.25, -0.2) is 0 Å². The van der Waals surface area contributed by atoms with Gasteiger partial charge in [-0.2, -0.15) is 4.98 Å². The zero-order valence-electron chi connectivity index (χ0n) is 8.11. The van der Waals surface area contributed by atoms with Gasteiger partial charge in [0.15, 0.2) is 5.82 Å². The molecule has 1 saturated carbocycles. The maximum atomic E-state index is 10.3. The van der Waals surface area contributed by atoms with E-state index < -0.39 is 0 Å². The second-order valence-electron chi connectivity index (χ2n) is 3.87. The molecule has 0 aliphatic heterocycles. The third kappa shape index (κ3) is 2.19. The summed E-state index contributed by atoms with van der Waals surface area (Å²) in [5, 5.41) is 3.76. The topological polar surface area (TPSA) is 56.0 Å². The van der Waals surface area contributed by atoms with E-state index in [-0.39, 0.29) is 5.89 Å². The molecule has 0 unspecified atom stereocenters. The van der Waals surface area contributed by atoms with Crippen molar-refractivity contribution in [2.24, 2.45) is 5.92 Å². The third-order valence-corrected chi connectivity index (χ3v) is 2.78. The molecule has 1 aromatic rings. The van der Waals surface area contributed by atoms with Gasteiger partial charge in [-0.1, -0.05) is 37.3 Å². The van der Waals surface area contributed by atoms with Gasteiger partial charge in [0.05, 0.1) is 0 Å². The highest BCUT2D eigenvalue weighted by Crippen LogP contribution is 2.25. The Labute approximate surface area is 82.7 Å². The molecule has 1 aliphatic rings. The van der Waals surface area contributed by atoms with Gasteiger partial charge < -0.3 is 4.52 Å². The molecule has 4 heteroatoms. The van der Waals surface area contributed by atoms with Crippen molar-refractivity contribution in [1.82, 2.24) is 10.1 Å². The van der Waals surface area contributed by atoms with E-state index in [0.29, 0.717) is 18.0 Å². The molecule has 0 amide bonds. The van der Waals surface area contributed by atoms with Crippen LogP contribution in [-0.2, 0) is 6.42 Å². The van der Waals surface area contributed by atoms with Crippen LogP contribution in [0.15, 0.2) is 4.52 Å². The monoisotopic (exact) mass is 194 g/mol. The summed E-state index contributed by atoms with van der Waals surface area (Å²) >= 11 is 0. The molecule has 0 N–H and O–H groups in total. The van der Waals surface area contributed by atoms with E-state index in [1.807, 2.05) is 0 Å². The second kappa shape index (κ2) is 4.35. The normalized spacial score (nSPS) is 18.3. The molecule has 0 aromatic carbocycles. The molecule has 0 radical (unpaired) electrons. The number of hydrogen-bond acceptors (Lipinski definition) is 4. The number of nitrogens with zero attached hydrogens (tertiary/aromatic N) is 2. The van der Waals surface area contributed by atoms with Crippen LogP contribution in [0.25, 0.3) is 0 Å². The molecule has 0 saturated heterocycles. The highest BCUT2D eigenvalue weighted by atomic mass is 16.5. The molecule has 76 valence electrons. The lowest BCUT2D eigenvalue weighted by Crippen LogP contribution is -2.10. The molecule has 1 heterocycles. The van der Waals surface area contributed by atoms with Gasteiger partial charge in [-0.3, -0.25) is 4.79 Å². The van der Waals surface area contributed by atoms with Gasteiger partial charge in [-0.15, -0.1) is 0 Å². The molecule has 14 heavy (non-hydrogen) atoms. The van der Waals surface area contributed by atoms with Gasteiger partial charge in [0.2, 0.25) is 6.29 Å². The Morgan fingerprint density at radius 2 is 2.14 bits per heavy atom.